The van der Waals surface area contributed by atoms with Crippen molar-refractivity contribution in [3.05, 3.63) is 0 Å². The third kappa shape index (κ3) is 7.37. The van der Waals surface area contributed by atoms with Crippen LogP contribution >= 0.6 is 0 Å². The Labute approximate surface area is 93.8 Å². The fourth-order valence-corrected chi connectivity index (χ4v) is 1.56. The molecule has 0 fully saturated rings. The first-order chi connectivity index (χ1) is 7.11. The molecule has 0 aliphatic carbocycles. The van der Waals surface area contributed by atoms with Crippen LogP contribution in [0.4, 0.5) is 0 Å². The highest BCUT2D eigenvalue weighted by molar-refractivity contribution is 5.81. The van der Waals surface area contributed by atoms with Crippen molar-refractivity contribution in [2.24, 2.45) is 5.73 Å². The second-order valence-electron chi connectivity index (χ2n) is 4.30. The minimum Gasteiger partial charge on any atom is -0.352 e. The lowest BCUT2D eigenvalue weighted by Gasteiger charge is -2.17. The van der Waals surface area contributed by atoms with Crippen molar-refractivity contribution in [3.63, 3.8) is 0 Å². The van der Waals surface area contributed by atoms with Crippen LogP contribution in [0.1, 0.15) is 59.3 Å². The maximum atomic E-state index is 11.5. The second-order valence-corrected chi connectivity index (χ2v) is 4.30. The summed E-state index contributed by atoms with van der Waals surface area (Å²) >= 11 is 0. The molecule has 0 heterocycles. The van der Waals surface area contributed by atoms with Gasteiger partial charge < -0.3 is 11.1 Å². The highest BCUT2D eigenvalue weighted by atomic mass is 16.2. The summed E-state index contributed by atoms with van der Waals surface area (Å²) in [5.74, 6) is 0.000786. The lowest BCUT2D eigenvalue weighted by Crippen LogP contribution is -2.44. The number of carbonyl (C=O) groups is 1. The van der Waals surface area contributed by atoms with Gasteiger partial charge in [-0.2, -0.15) is 0 Å². The molecule has 0 aromatic carbocycles. The molecule has 90 valence electrons. The molecule has 0 saturated carbocycles. The van der Waals surface area contributed by atoms with Crippen LogP contribution in [0.25, 0.3) is 0 Å². The number of amides is 1. The third-order valence-electron chi connectivity index (χ3n) is 2.57. The average molecular weight is 214 g/mol. The zero-order chi connectivity index (χ0) is 11.7. The van der Waals surface area contributed by atoms with Crippen LogP contribution < -0.4 is 11.1 Å². The van der Waals surface area contributed by atoms with Gasteiger partial charge in [0.15, 0.2) is 0 Å². The lowest BCUT2D eigenvalue weighted by molar-refractivity contribution is -0.123. The molecule has 15 heavy (non-hydrogen) atoms. The summed E-state index contributed by atoms with van der Waals surface area (Å²) in [6, 6.07) is -0.0735. The molecule has 0 spiro atoms. The molecule has 1 unspecified atom stereocenters. The van der Waals surface area contributed by atoms with Crippen molar-refractivity contribution in [1.82, 2.24) is 5.32 Å². The van der Waals surface area contributed by atoms with Crippen LogP contribution in [0.5, 0.6) is 0 Å². The molecule has 0 aliphatic rings. The van der Waals surface area contributed by atoms with Gasteiger partial charge in [0.05, 0.1) is 6.04 Å². The van der Waals surface area contributed by atoms with Crippen LogP contribution in [-0.4, -0.2) is 18.0 Å². The van der Waals surface area contributed by atoms with E-state index in [9.17, 15) is 4.79 Å². The zero-order valence-corrected chi connectivity index (χ0v) is 10.4. The van der Waals surface area contributed by atoms with Crippen LogP contribution in [0.2, 0.25) is 0 Å². The molecule has 0 saturated heterocycles. The molecule has 0 rings (SSSR count). The molecule has 2 atom stereocenters. The van der Waals surface area contributed by atoms with E-state index in [1.54, 1.807) is 0 Å². The Balaban J connectivity index is 3.65. The predicted molar refractivity (Wildman–Crippen MR) is 64.6 cm³/mol. The van der Waals surface area contributed by atoms with Gasteiger partial charge in [0.25, 0.3) is 0 Å². The van der Waals surface area contributed by atoms with Gasteiger partial charge in [0.2, 0.25) is 5.91 Å². The summed E-state index contributed by atoms with van der Waals surface area (Å²) < 4.78 is 0. The van der Waals surface area contributed by atoms with Crippen LogP contribution in [0, 0.1) is 0 Å². The fourth-order valence-electron chi connectivity index (χ4n) is 1.56. The Morgan fingerprint density at radius 1 is 1.20 bits per heavy atom. The summed E-state index contributed by atoms with van der Waals surface area (Å²) in [7, 11) is 0. The van der Waals surface area contributed by atoms with Crippen LogP contribution in [0.3, 0.4) is 0 Å². The quantitative estimate of drug-likeness (QED) is 0.609. The Kier molecular flexibility index (Phi) is 8.38. The summed E-state index contributed by atoms with van der Waals surface area (Å²) in [6.07, 6.45) is 6.42. The van der Waals surface area contributed by atoms with Crippen molar-refractivity contribution in [2.45, 2.75) is 71.4 Å². The molecule has 0 radical (unpaired) electrons. The first-order valence-corrected chi connectivity index (χ1v) is 6.17. The average Bonchev–Trinajstić information content (AvgIpc) is 2.18. The molecule has 0 aromatic rings. The Morgan fingerprint density at radius 2 is 1.87 bits per heavy atom. The number of unbranched alkanes of at least 4 members (excludes halogenated alkanes) is 2. The Bertz CT molecular complexity index is 171. The molecule has 3 heteroatoms. The Hall–Kier alpha value is -0.570. The molecule has 0 aromatic heterocycles. The number of carbonyl (C=O) groups excluding carboxylic acids is 1. The van der Waals surface area contributed by atoms with Gasteiger partial charge in [-0.3, -0.25) is 4.79 Å². The maximum Gasteiger partial charge on any atom is 0.237 e. The van der Waals surface area contributed by atoms with Crippen molar-refractivity contribution in [1.29, 1.82) is 0 Å². The molecular formula is C12H26N2O. The van der Waals surface area contributed by atoms with Gasteiger partial charge in [-0.25, -0.2) is 0 Å². The van der Waals surface area contributed by atoms with E-state index in [0.717, 1.165) is 19.3 Å². The number of nitrogens with one attached hydrogen (secondary N) is 1. The first kappa shape index (κ1) is 14.4. The number of hydrogen-bond donors (Lipinski definition) is 2. The van der Waals surface area contributed by atoms with Gasteiger partial charge in [-0.05, 0) is 19.8 Å². The molecule has 0 aliphatic heterocycles. The molecule has 3 nitrogen and oxygen atoms in total. The normalized spacial score (nSPS) is 14.7. The number of hydrogen-bond acceptors (Lipinski definition) is 2. The Morgan fingerprint density at radius 3 is 2.40 bits per heavy atom. The smallest absolute Gasteiger partial charge is 0.237 e. The van der Waals surface area contributed by atoms with Crippen molar-refractivity contribution >= 4 is 5.91 Å². The highest BCUT2D eigenvalue weighted by Gasteiger charge is 2.14. The van der Waals surface area contributed by atoms with Crippen LogP contribution in [-0.2, 0) is 4.79 Å². The minimum atomic E-state index is -0.330. The second kappa shape index (κ2) is 8.72. The minimum absolute atomic E-state index is 0.000786. The van der Waals surface area contributed by atoms with E-state index < -0.39 is 0 Å². The van der Waals surface area contributed by atoms with Gasteiger partial charge in [0, 0.05) is 6.04 Å². The molecular weight excluding hydrogens is 188 g/mol. The number of nitrogens with two attached hydrogens (primary N) is 1. The third-order valence-corrected chi connectivity index (χ3v) is 2.57. The molecule has 1 amide bonds. The van der Waals surface area contributed by atoms with Gasteiger partial charge >= 0.3 is 0 Å². The predicted octanol–water partition coefficient (Wildman–Crippen LogP) is 2.20. The molecule has 0 bridgehead atoms. The van der Waals surface area contributed by atoms with E-state index in [4.69, 9.17) is 5.73 Å². The SMILES string of the molecule is CCCCCC(C)NC(=O)[C@@H](N)CCC. The first-order valence-electron chi connectivity index (χ1n) is 6.17. The van der Waals surface area contributed by atoms with Crippen LogP contribution in [0.15, 0.2) is 0 Å². The van der Waals surface area contributed by atoms with Gasteiger partial charge in [-0.15, -0.1) is 0 Å². The zero-order valence-electron chi connectivity index (χ0n) is 10.4. The monoisotopic (exact) mass is 214 g/mol. The van der Waals surface area contributed by atoms with E-state index in [2.05, 4.69) is 12.2 Å². The maximum absolute atomic E-state index is 11.5. The van der Waals surface area contributed by atoms with Crippen molar-refractivity contribution in [2.75, 3.05) is 0 Å². The van der Waals surface area contributed by atoms with E-state index in [0.29, 0.717) is 0 Å². The largest absolute Gasteiger partial charge is 0.352 e. The van der Waals surface area contributed by atoms with E-state index >= 15 is 0 Å². The summed E-state index contributed by atoms with van der Waals surface area (Å²) in [5, 5.41) is 2.96. The van der Waals surface area contributed by atoms with Crippen molar-refractivity contribution < 1.29 is 4.79 Å². The van der Waals surface area contributed by atoms with Crippen molar-refractivity contribution in [3.8, 4) is 0 Å². The summed E-state index contributed by atoms with van der Waals surface area (Å²) in [5.41, 5.74) is 5.72. The standard InChI is InChI=1S/C12H26N2O/c1-4-6-7-9-10(3)14-12(15)11(13)8-5-2/h10-11H,4-9,13H2,1-3H3,(H,14,15)/t10?,11-/m0/s1. The lowest BCUT2D eigenvalue weighted by atomic mass is 10.1. The van der Waals surface area contributed by atoms with E-state index in [-0.39, 0.29) is 18.0 Å². The highest BCUT2D eigenvalue weighted by Crippen LogP contribution is 2.03. The fraction of sp³-hybridized carbons (Fsp3) is 0.917. The summed E-state index contributed by atoms with van der Waals surface area (Å²) in [4.78, 5) is 11.5. The van der Waals surface area contributed by atoms with E-state index in [1.165, 1.54) is 19.3 Å². The van der Waals surface area contributed by atoms with Gasteiger partial charge in [-0.1, -0.05) is 39.5 Å². The summed E-state index contributed by atoms with van der Waals surface area (Å²) in [6.45, 7) is 6.27. The van der Waals surface area contributed by atoms with E-state index in [1.807, 2.05) is 13.8 Å². The number of rotatable bonds is 8. The molecule has 3 N–H and O–H groups in total. The topological polar surface area (TPSA) is 55.1 Å². The van der Waals surface area contributed by atoms with Gasteiger partial charge in [0.1, 0.15) is 0 Å².